The van der Waals surface area contributed by atoms with Crippen molar-refractivity contribution in [1.82, 2.24) is 25.3 Å². The lowest BCUT2D eigenvalue weighted by molar-refractivity contribution is 0.0981. The molecule has 0 radical (unpaired) electrons. The first-order valence-electron chi connectivity index (χ1n) is 8.06. The maximum Gasteiger partial charge on any atom is 0.268 e. The second-order valence-corrected chi connectivity index (χ2v) is 6.54. The summed E-state index contributed by atoms with van der Waals surface area (Å²) in [6.07, 6.45) is 4.05. The second-order valence-electron chi connectivity index (χ2n) is 5.59. The number of aliphatic imine (C=N–C) groups is 1. The van der Waals surface area contributed by atoms with Crippen LogP contribution < -0.4 is 10.6 Å². The van der Waals surface area contributed by atoms with Crippen LogP contribution in [0.25, 0.3) is 0 Å². The number of hydrogen-bond donors (Lipinski definition) is 3. The van der Waals surface area contributed by atoms with Gasteiger partial charge in [-0.1, -0.05) is 6.07 Å². The monoisotopic (exact) mass is 369 g/mol. The highest BCUT2D eigenvalue weighted by Gasteiger charge is 2.11. The molecule has 3 N–H and O–H groups in total. The van der Waals surface area contributed by atoms with Gasteiger partial charge in [-0.25, -0.2) is 15.0 Å². The zero-order valence-corrected chi connectivity index (χ0v) is 15.3. The molecule has 0 spiro atoms. The van der Waals surface area contributed by atoms with E-state index in [1.807, 2.05) is 31.4 Å². The van der Waals surface area contributed by atoms with Gasteiger partial charge >= 0.3 is 0 Å². The summed E-state index contributed by atoms with van der Waals surface area (Å²) in [5.41, 5.74) is 2.64. The van der Waals surface area contributed by atoms with E-state index in [0.717, 1.165) is 17.1 Å². The highest BCUT2D eigenvalue weighted by atomic mass is 32.1. The molecule has 1 amide bonds. The van der Waals surface area contributed by atoms with Crippen molar-refractivity contribution in [2.45, 2.75) is 20.3 Å². The van der Waals surface area contributed by atoms with Gasteiger partial charge in [-0.15, -0.1) is 11.3 Å². The topological polar surface area (TPSA) is 108 Å². The van der Waals surface area contributed by atoms with Crippen LogP contribution in [0, 0.1) is 13.8 Å². The first-order chi connectivity index (χ1) is 12.6. The Labute approximate surface area is 154 Å². The third kappa shape index (κ3) is 4.96. The standard InChI is InChI=1S/C17H19N7OS/c1-11-8-12(2)22-17(21-11)24-16(19-6-5-13-9-18-10-20-13)23-15(25)14-4-3-7-26-14/h3-4,7-10H,5-6H2,1-2H3,(H,18,20)(H2,19,21,22,23,24,25). The molecule has 3 aromatic rings. The number of imidazole rings is 1. The van der Waals surface area contributed by atoms with Gasteiger partial charge in [0, 0.05) is 36.2 Å². The van der Waals surface area contributed by atoms with Crippen LogP contribution in [0.15, 0.2) is 41.1 Å². The lowest BCUT2D eigenvalue weighted by Crippen LogP contribution is -2.36. The van der Waals surface area contributed by atoms with Gasteiger partial charge < -0.3 is 4.98 Å². The van der Waals surface area contributed by atoms with E-state index in [1.54, 1.807) is 18.6 Å². The molecule has 0 aliphatic carbocycles. The van der Waals surface area contributed by atoms with E-state index in [4.69, 9.17) is 0 Å². The number of amides is 1. The van der Waals surface area contributed by atoms with Crippen LogP contribution in [-0.4, -0.2) is 38.3 Å². The maximum absolute atomic E-state index is 12.4. The largest absolute Gasteiger partial charge is 0.348 e. The normalized spacial score (nSPS) is 11.4. The lowest BCUT2D eigenvalue weighted by Gasteiger charge is -2.11. The van der Waals surface area contributed by atoms with E-state index in [0.29, 0.717) is 29.8 Å². The molecule has 0 atom stereocenters. The molecule has 0 fully saturated rings. The molecule has 3 aromatic heterocycles. The Morgan fingerprint density at radius 3 is 2.77 bits per heavy atom. The van der Waals surface area contributed by atoms with Crippen LogP contribution in [0.1, 0.15) is 26.8 Å². The first-order valence-corrected chi connectivity index (χ1v) is 8.94. The Bertz CT molecular complexity index is 868. The number of guanidine groups is 1. The van der Waals surface area contributed by atoms with E-state index >= 15 is 0 Å². The molecule has 0 bridgehead atoms. The Morgan fingerprint density at radius 1 is 1.31 bits per heavy atom. The minimum atomic E-state index is -0.225. The number of hydrogen-bond acceptors (Lipinski definition) is 6. The minimum Gasteiger partial charge on any atom is -0.348 e. The summed E-state index contributed by atoms with van der Waals surface area (Å²) in [5, 5.41) is 7.65. The minimum absolute atomic E-state index is 0.225. The van der Waals surface area contributed by atoms with Gasteiger partial charge in [-0.05, 0) is 31.4 Å². The van der Waals surface area contributed by atoms with E-state index in [9.17, 15) is 4.79 Å². The Kier molecular flexibility index (Phi) is 5.69. The van der Waals surface area contributed by atoms with Crippen molar-refractivity contribution in [3.8, 4) is 0 Å². The molecule has 26 heavy (non-hydrogen) atoms. The van der Waals surface area contributed by atoms with E-state index in [2.05, 4.69) is 35.6 Å². The first kappa shape index (κ1) is 17.7. The maximum atomic E-state index is 12.4. The highest BCUT2D eigenvalue weighted by Crippen LogP contribution is 2.08. The Balaban J connectivity index is 1.74. The molecule has 134 valence electrons. The SMILES string of the molecule is Cc1cc(C)nc(NC(=NCCc2cnc[nH]2)NC(=O)c2cccs2)n1. The summed E-state index contributed by atoms with van der Waals surface area (Å²) in [5.74, 6) is 0.486. The molecule has 0 saturated heterocycles. The van der Waals surface area contributed by atoms with Crippen molar-refractivity contribution in [2.75, 3.05) is 11.9 Å². The average molecular weight is 369 g/mol. The second kappa shape index (κ2) is 8.34. The van der Waals surface area contributed by atoms with Crippen LogP contribution >= 0.6 is 11.3 Å². The van der Waals surface area contributed by atoms with Gasteiger partial charge in [0.1, 0.15) is 0 Å². The number of nitrogens with zero attached hydrogens (tertiary/aromatic N) is 4. The average Bonchev–Trinajstić information content (AvgIpc) is 3.27. The molecule has 0 aliphatic heterocycles. The molecule has 3 rings (SSSR count). The molecule has 0 unspecified atom stereocenters. The van der Waals surface area contributed by atoms with Crippen molar-refractivity contribution in [3.05, 3.63) is 58.1 Å². The molecule has 9 heteroatoms. The number of rotatable bonds is 5. The number of aromatic nitrogens is 4. The number of aromatic amines is 1. The molecule has 0 aliphatic rings. The number of thiophene rings is 1. The predicted molar refractivity (Wildman–Crippen MR) is 102 cm³/mol. The van der Waals surface area contributed by atoms with E-state index < -0.39 is 0 Å². The van der Waals surface area contributed by atoms with Gasteiger partial charge in [0.15, 0.2) is 0 Å². The van der Waals surface area contributed by atoms with Crippen molar-refractivity contribution in [2.24, 2.45) is 4.99 Å². The molecular formula is C17H19N7OS. The number of carbonyl (C=O) groups excluding carboxylic acids is 1. The number of aryl methyl sites for hydroxylation is 2. The molecule has 3 heterocycles. The number of carbonyl (C=O) groups is 1. The van der Waals surface area contributed by atoms with E-state index in [1.165, 1.54) is 11.3 Å². The van der Waals surface area contributed by atoms with Gasteiger partial charge in [0.2, 0.25) is 11.9 Å². The van der Waals surface area contributed by atoms with Crippen LogP contribution in [0.5, 0.6) is 0 Å². The summed E-state index contributed by atoms with van der Waals surface area (Å²) in [7, 11) is 0. The van der Waals surface area contributed by atoms with Crippen molar-refractivity contribution in [1.29, 1.82) is 0 Å². The van der Waals surface area contributed by atoms with Crippen LogP contribution in [0.2, 0.25) is 0 Å². The summed E-state index contributed by atoms with van der Waals surface area (Å²) < 4.78 is 0. The fourth-order valence-corrected chi connectivity index (χ4v) is 2.90. The van der Waals surface area contributed by atoms with Crippen LogP contribution in [-0.2, 0) is 6.42 Å². The molecule has 8 nitrogen and oxygen atoms in total. The van der Waals surface area contributed by atoms with Gasteiger partial charge in [0.25, 0.3) is 5.91 Å². The van der Waals surface area contributed by atoms with Gasteiger partial charge in [0.05, 0.1) is 11.2 Å². The smallest absolute Gasteiger partial charge is 0.268 e. The quantitative estimate of drug-likeness (QED) is 0.472. The fraction of sp³-hybridized carbons (Fsp3) is 0.235. The zero-order valence-electron chi connectivity index (χ0n) is 14.5. The van der Waals surface area contributed by atoms with Gasteiger partial charge in [-0.2, -0.15) is 0 Å². The highest BCUT2D eigenvalue weighted by molar-refractivity contribution is 7.12. The molecule has 0 aromatic carbocycles. The Hall–Kier alpha value is -3.07. The third-order valence-corrected chi connectivity index (χ3v) is 4.26. The number of anilines is 1. The number of H-pyrrole nitrogens is 1. The lowest BCUT2D eigenvalue weighted by atomic mass is 10.3. The van der Waals surface area contributed by atoms with Crippen LogP contribution in [0.3, 0.4) is 0 Å². The molecule has 0 saturated carbocycles. The van der Waals surface area contributed by atoms with Gasteiger partial charge in [-0.3, -0.25) is 20.4 Å². The molecular weight excluding hydrogens is 350 g/mol. The summed E-state index contributed by atoms with van der Waals surface area (Å²) in [6, 6.07) is 5.47. The van der Waals surface area contributed by atoms with E-state index in [-0.39, 0.29) is 5.91 Å². The third-order valence-electron chi connectivity index (χ3n) is 3.40. The van der Waals surface area contributed by atoms with Crippen molar-refractivity contribution in [3.63, 3.8) is 0 Å². The summed E-state index contributed by atoms with van der Waals surface area (Å²) in [4.78, 5) is 33.1. The van der Waals surface area contributed by atoms with Crippen molar-refractivity contribution < 1.29 is 4.79 Å². The zero-order chi connectivity index (χ0) is 18.4. The summed E-state index contributed by atoms with van der Waals surface area (Å²) in [6.45, 7) is 4.25. The predicted octanol–water partition coefficient (Wildman–Crippen LogP) is 2.32. The number of nitrogens with one attached hydrogen (secondary N) is 3. The fourth-order valence-electron chi connectivity index (χ4n) is 2.28. The van der Waals surface area contributed by atoms with Crippen LogP contribution in [0.4, 0.5) is 5.95 Å². The summed E-state index contributed by atoms with van der Waals surface area (Å²) >= 11 is 1.37. The Morgan fingerprint density at radius 2 is 2.12 bits per heavy atom. The van der Waals surface area contributed by atoms with Crippen molar-refractivity contribution >= 4 is 29.2 Å².